The van der Waals surface area contributed by atoms with Gasteiger partial charge in [0, 0.05) is 43.2 Å². The fourth-order valence-corrected chi connectivity index (χ4v) is 3.88. The maximum Gasteiger partial charge on any atom is 0.226 e. The van der Waals surface area contributed by atoms with E-state index in [1.807, 2.05) is 37.3 Å². The lowest BCUT2D eigenvalue weighted by Crippen LogP contribution is -2.53. The molecule has 0 aliphatic carbocycles. The van der Waals surface area contributed by atoms with Gasteiger partial charge in [-0.25, -0.2) is 9.97 Å². The van der Waals surface area contributed by atoms with Crippen LogP contribution in [0.1, 0.15) is 13.8 Å². The molecule has 0 bridgehead atoms. The van der Waals surface area contributed by atoms with Crippen LogP contribution in [0.5, 0.6) is 0 Å². The number of rotatable bonds is 4. The predicted molar refractivity (Wildman–Crippen MR) is 110 cm³/mol. The van der Waals surface area contributed by atoms with Crippen molar-refractivity contribution >= 4 is 16.9 Å². The molecule has 0 saturated carbocycles. The second kappa shape index (κ2) is 7.62. The molecule has 4 rings (SSSR count). The lowest BCUT2D eigenvalue weighted by molar-refractivity contribution is 0.114. The molecule has 1 aliphatic heterocycles. The van der Waals surface area contributed by atoms with Gasteiger partial charge in [-0.3, -0.25) is 4.90 Å². The number of benzene rings is 2. The van der Waals surface area contributed by atoms with Gasteiger partial charge in [0.2, 0.25) is 5.95 Å². The maximum absolute atomic E-state index is 9.67. The van der Waals surface area contributed by atoms with Gasteiger partial charge >= 0.3 is 0 Å². The van der Waals surface area contributed by atoms with Crippen LogP contribution in [0, 0.1) is 0 Å². The van der Waals surface area contributed by atoms with E-state index in [0.29, 0.717) is 12.6 Å². The Kier molecular flexibility index (Phi) is 5.05. The van der Waals surface area contributed by atoms with Gasteiger partial charge < -0.3 is 10.0 Å². The van der Waals surface area contributed by atoms with Gasteiger partial charge in [0.05, 0.1) is 17.3 Å². The van der Waals surface area contributed by atoms with E-state index in [4.69, 9.17) is 9.97 Å². The van der Waals surface area contributed by atoms with E-state index in [2.05, 4.69) is 41.0 Å². The van der Waals surface area contributed by atoms with E-state index in [1.54, 1.807) is 0 Å². The summed E-state index contributed by atoms with van der Waals surface area (Å²) in [5.41, 5.74) is 3.06. The highest BCUT2D eigenvalue weighted by atomic mass is 16.3. The number of piperazine rings is 1. The summed E-state index contributed by atoms with van der Waals surface area (Å²) in [4.78, 5) is 14.4. The van der Waals surface area contributed by atoms with Gasteiger partial charge in [-0.2, -0.15) is 0 Å². The summed E-state index contributed by atoms with van der Waals surface area (Å²) in [5.74, 6) is 0.789. The van der Waals surface area contributed by atoms with Crippen LogP contribution < -0.4 is 4.90 Å². The van der Waals surface area contributed by atoms with E-state index in [-0.39, 0.29) is 6.10 Å². The molecular formula is C22H26N4O. The van der Waals surface area contributed by atoms with Crippen molar-refractivity contribution in [1.29, 1.82) is 0 Å². The van der Waals surface area contributed by atoms with Crippen LogP contribution in [-0.4, -0.2) is 58.3 Å². The molecule has 5 heteroatoms. The SMILES string of the molecule is CC(O)CN1CCN(c2nc(-c3ccccc3)c3ccccc3n2)C(C)C1. The molecule has 1 aromatic heterocycles. The van der Waals surface area contributed by atoms with E-state index in [1.165, 1.54) is 0 Å². The van der Waals surface area contributed by atoms with E-state index < -0.39 is 0 Å². The van der Waals surface area contributed by atoms with Gasteiger partial charge in [0.25, 0.3) is 0 Å². The van der Waals surface area contributed by atoms with Gasteiger partial charge in [-0.05, 0) is 19.9 Å². The number of aliphatic hydroxyl groups is 1. The topological polar surface area (TPSA) is 52.5 Å². The third-order valence-corrected chi connectivity index (χ3v) is 5.13. The molecule has 140 valence electrons. The maximum atomic E-state index is 9.67. The minimum atomic E-state index is -0.301. The Morgan fingerprint density at radius 1 is 1.04 bits per heavy atom. The van der Waals surface area contributed by atoms with Crippen molar-refractivity contribution < 1.29 is 5.11 Å². The first-order valence-electron chi connectivity index (χ1n) is 9.61. The van der Waals surface area contributed by atoms with Crippen LogP contribution in [0.3, 0.4) is 0 Å². The van der Waals surface area contributed by atoms with Crippen LogP contribution in [-0.2, 0) is 0 Å². The molecule has 1 fully saturated rings. The molecule has 2 aromatic carbocycles. The molecule has 0 spiro atoms. The van der Waals surface area contributed by atoms with E-state index in [9.17, 15) is 5.11 Å². The van der Waals surface area contributed by atoms with Crippen LogP contribution in [0.2, 0.25) is 0 Å². The van der Waals surface area contributed by atoms with Gasteiger partial charge in [-0.1, -0.05) is 48.5 Å². The van der Waals surface area contributed by atoms with Crippen molar-refractivity contribution in [3.8, 4) is 11.3 Å². The number of fused-ring (bicyclic) bond motifs is 1. The van der Waals surface area contributed by atoms with Gasteiger partial charge in [0.1, 0.15) is 0 Å². The number of para-hydroxylation sites is 1. The average Bonchev–Trinajstić information content (AvgIpc) is 2.67. The quantitative estimate of drug-likeness (QED) is 0.772. The largest absolute Gasteiger partial charge is 0.392 e. The molecule has 27 heavy (non-hydrogen) atoms. The van der Waals surface area contributed by atoms with E-state index >= 15 is 0 Å². The minimum Gasteiger partial charge on any atom is -0.392 e. The van der Waals surface area contributed by atoms with Crippen LogP contribution in [0.25, 0.3) is 22.2 Å². The first-order chi connectivity index (χ1) is 13.1. The van der Waals surface area contributed by atoms with Crippen molar-refractivity contribution in [3.63, 3.8) is 0 Å². The summed E-state index contributed by atoms with van der Waals surface area (Å²) >= 11 is 0. The molecule has 2 heterocycles. The summed E-state index contributed by atoms with van der Waals surface area (Å²) in [7, 11) is 0. The molecule has 2 atom stereocenters. The molecule has 5 nitrogen and oxygen atoms in total. The highest BCUT2D eigenvalue weighted by Gasteiger charge is 2.27. The first kappa shape index (κ1) is 17.9. The monoisotopic (exact) mass is 362 g/mol. The second-order valence-electron chi connectivity index (χ2n) is 7.41. The van der Waals surface area contributed by atoms with Crippen molar-refractivity contribution in [2.45, 2.75) is 26.0 Å². The zero-order valence-corrected chi connectivity index (χ0v) is 15.9. The highest BCUT2D eigenvalue weighted by Crippen LogP contribution is 2.29. The Hall–Kier alpha value is -2.50. The third-order valence-electron chi connectivity index (χ3n) is 5.13. The second-order valence-corrected chi connectivity index (χ2v) is 7.41. The normalized spacial score (nSPS) is 19.4. The summed E-state index contributed by atoms with van der Waals surface area (Å²) < 4.78 is 0. The predicted octanol–water partition coefficient (Wildman–Crippen LogP) is 3.19. The van der Waals surface area contributed by atoms with Crippen molar-refractivity contribution in [3.05, 3.63) is 54.6 Å². The van der Waals surface area contributed by atoms with Crippen LogP contribution >= 0.6 is 0 Å². The molecule has 0 amide bonds. The molecule has 3 aromatic rings. The Bertz CT molecular complexity index is 913. The first-order valence-corrected chi connectivity index (χ1v) is 9.61. The number of anilines is 1. The fraction of sp³-hybridized carbons (Fsp3) is 0.364. The zero-order chi connectivity index (χ0) is 18.8. The molecule has 0 radical (unpaired) electrons. The number of aliphatic hydroxyl groups excluding tert-OH is 1. The smallest absolute Gasteiger partial charge is 0.226 e. The molecule has 1 aliphatic rings. The minimum absolute atomic E-state index is 0.294. The number of nitrogens with zero attached hydrogens (tertiary/aromatic N) is 4. The zero-order valence-electron chi connectivity index (χ0n) is 15.9. The number of β-amino-alcohol motifs (C(OH)–C–C–N with tert-alkyl or cyclic N) is 1. The van der Waals surface area contributed by atoms with Crippen molar-refractivity contribution in [2.75, 3.05) is 31.1 Å². The molecule has 1 saturated heterocycles. The van der Waals surface area contributed by atoms with Crippen LogP contribution in [0.15, 0.2) is 54.6 Å². The van der Waals surface area contributed by atoms with Crippen molar-refractivity contribution in [1.82, 2.24) is 14.9 Å². The standard InChI is InChI=1S/C22H26N4O/c1-16-14-25(15-17(2)27)12-13-26(16)22-23-20-11-7-6-10-19(20)21(24-22)18-8-4-3-5-9-18/h3-11,16-17,27H,12-15H2,1-2H3. The Balaban J connectivity index is 1.71. The Morgan fingerprint density at radius 2 is 1.78 bits per heavy atom. The number of hydrogen-bond acceptors (Lipinski definition) is 5. The summed E-state index contributed by atoms with van der Waals surface area (Å²) in [6.45, 7) is 7.44. The average molecular weight is 362 g/mol. The van der Waals surface area contributed by atoms with Crippen LogP contribution in [0.4, 0.5) is 5.95 Å². The highest BCUT2D eigenvalue weighted by molar-refractivity contribution is 5.93. The lowest BCUT2D eigenvalue weighted by atomic mass is 10.1. The number of hydrogen-bond donors (Lipinski definition) is 1. The lowest BCUT2D eigenvalue weighted by Gasteiger charge is -2.40. The Morgan fingerprint density at radius 3 is 2.52 bits per heavy atom. The van der Waals surface area contributed by atoms with Gasteiger partial charge in [-0.15, -0.1) is 0 Å². The Labute approximate surface area is 160 Å². The summed E-state index contributed by atoms with van der Waals surface area (Å²) in [5, 5.41) is 10.8. The third kappa shape index (κ3) is 3.80. The van der Waals surface area contributed by atoms with Crippen molar-refractivity contribution in [2.24, 2.45) is 0 Å². The van der Waals surface area contributed by atoms with Gasteiger partial charge in [0.15, 0.2) is 0 Å². The van der Waals surface area contributed by atoms with E-state index in [0.717, 1.165) is 47.7 Å². The summed E-state index contributed by atoms with van der Waals surface area (Å²) in [6, 6.07) is 18.8. The summed E-state index contributed by atoms with van der Waals surface area (Å²) in [6.07, 6.45) is -0.301. The number of aromatic nitrogens is 2. The molecular weight excluding hydrogens is 336 g/mol. The molecule has 1 N–H and O–H groups in total. The fourth-order valence-electron chi connectivity index (χ4n) is 3.88. The molecule has 2 unspecified atom stereocenters.